The van der Waals surface area contributed by atoms with E-state index in [0.29, 0.717) is 7.06 Å². The Bertz CT molecular complexity index is 5.25. The molecule has 0 fully saturated rings. The summed E-state index contributed by atoms with van der Waals surface area (Å²) in [6.07, 6.45) is 0. The van der Waals surface area contributed by atoms with Crippen LogP contribution in [0.4, 0.5) is 4.32 Å². The Labute approximate surface area is 27.7 Å². The summed E-state index contributed by atoms with van der Waals surface area (Å²) in [7, 11) is 2.28. The van der Waals surface area contributed by atoms with Gasteiger partial charge in [0.1, 0.15) is 0 Å². The summed E-state index contributed by atoms with van der Waals surface area (Å²) in [6.45, 7) is 0. The fraction of sp³-hybridized carbons (Fsp3) is 0. The number of halogens is 1. The SMILES string of the molecule is BBBF. The smallest absolute Gasteiger partial charge is 0.281 e. The van der Waals surface area contributed by atoms with Crippen molar-refractivity contribution in [3.63, 3.8) is 0 Å². The molecule has 0 aromatic rings. The third-order valence-corrected chi connectivity index (χ3v) is 0.189. The normalized spacial score (nSPS) is 5.25. The van der Waals surface area contributed by atoms with Crippen LogP contribution in [0.3, 0.4) is 0 Å². The molecule has 0 saturated heterocycles. The van der Waals surface area contributed by atoms with Crippen LogP contribution in [-0.2, 0) is 0 Å². The van der Waals surface area contributed by atoms with E-state index in [2.05, 4.69) is 0 Å². The summed E-state index contributed by atoms with van der Waals surface area (Å²) in [5.41, 5.74) is 0. The fourth-order valence-electron chi connectivity index (χ4n) is 0. The van der Waals surface area contributed by atoms with Crippen LogP contribution in [0.25, 0.3) is 0 Å². The minimum absolute atomic E-state index is 0.181. The van der Waals surface area contributed by atoms with Gasteiger partial charge in [0.2, 0.25) is 0 Å². The summed E-state index contributed by atoms with van der Waals surface area (Å²) in [5.74, 6) is 0. The van der Waals surface area contributed by atoms with Gasteiger partial charge >= 0.3 is 0 Å². The van der Waals surface area contributed by atoms with Crippen LogP contribution in [0.5, 0.6) is 0 Å². The lowest BCUT2D eigenvalue weighted by Gasteiger charge is -1.54. The van der Waals surface area contributed by atoms with E-state index < -0.39 is 0 Å². The lowest BCUT2D eigenvalue weighted by atomic mass is 9.37. The highest BCUT2D eigenvalue weighted by atomic mass is 19.1. The van der Waals surface area contributed by atoms with Crippen molar-refractivity contribution >= 4 is 22.2 Å². The van der Waals surface area contributed by atoms with Gasteiger partial charge in [0, 0.05) is 0 Å². The molecule has 0 amide bonds. The maximum atomic E-state index is 10.7. The summed E-state index contributed by atoms with van der Waals surface area (Å²) >= 11 is 0. The fourth-order valence-corrected chi connectivity index (χ4v) is 0. The Hall–Kier alpha value is 0.125. The molecule has 0 aliphatic carbocycles. The van der Waals surface area contributed by atoms with Crippen molar-refractivity contribution in [3.05, 3.63) is 0 Å². The molecular formula is H4B3F. The van der Waals surface area contributed by atoms with Gasteiger partial charge in [-0.15, -0.1) is 0 Å². The van der Waals surface area contributed by atoms with E-state index in [1.165, 1.54) is 0 Å². The van der Waals surface area contributed by atoms with Gasteiger partial charge in [-0.1, -0.05) is 0 Å². The quantitative estimate of drug-likeness (QED) is 0.311. The van der Waals surface area contributed by atoms with Gasteiger partial charge in [0.05, 0.1) is 14.8 Å². The largest absolute Gasteiger partial charge is 0.353 e. The lowest BCUT2D eigenvalue weighted by molar-refractivity contribution is 0.893. The molecule has 0 nitrogen and oxygen atoms in total. The van der Waals surface area contributed by atoms with Gasteiger partial charge in [-0.3, -0.25) is 0 Å². The molecule has 0 saturated carbocycles. The van der Waals surface area contributed by atoms with Crippen LogP contribution in [0, 0.1) is 0 Å². The standard InChI is InChI=1S/B3FH4/c1-2-3-4/h2-3H,1H2. The molecule has 0 radical (unpaired) electrons. The van der Waals surface area contributed by atoms with Gasteiger partial charge in [-0.25, -0.2) is 0 Å². The van der Waals surface area contributed by atoms with Crippen LogP contribution in [0.15, 0.2) is 0 Å². The zero-order valence-electron chi connectivity index (χ0n) is 2.79. The van der Waals surface area contributed by atoms with E-state index >= 15 is 0 Å². The highest BCUT2D eigenvalue weighted by Crippen LogP contribution is 1.42. The summed E-state index contributed by atoms with van der Waals surface area (Å²) < 4.78 is 10.7. The van der Waals surface area contributed by atoms with Crippen molar-refractivity contribution in [1.82, 2.24) is 0 Å². The predicted octanol–water partition coefficient (Wildman–Crippen LogP) is -1.79. The van der Waals surface area contributed by atoms with E-state index in [0.717, 1.165) is 0 Å². The predicted molar refractivity (Wildman–Crippen MR) is 23.9 cm³/mol. The minimum Gasteiger partial charge on any atom is -0.353 e. The Morgan fingerprint density at radius 3 is 2.00 bits per heavy atom. The minimum atomic E-state index is -0.181. The van der Waals surface area contributed by atoms with Gasteiger partial charge < -0.3 is 4.32 Å². The molecular weight excluding hydrogens is 51.4 g/mol. The van der Waals surface area contributed by atoms with Crippen molar-refractivity contribution in [3.8, 4) is 0 Å². The molecule has 0 aliphatic heterocycles. The Morgan fingerprint density at radius 1 is 1.75 bits per heavy atom. The molecule has 0 bridgehead atoms. The topological polar surface area (TPSA) is 0 Å². The summed E-state index contributed by atoms with van der Waals surface area (Å²) in [4.78, 5) is 0. The average molecular weight is 55.5 g/mol. The molecule has 20 valence electrons. The van der Waals surface area contributed by atoms with Crippen molar-refractivity contribution in [2.75, 3.05) is 0 Å². The monoisotopic (exact) mass is 56.1 g/mol. The van der Waals surface area contributed by atoms with E-state index in [1.807, 2.05) is 0 Å². The first-order chi connectivity index (χ1) is 1.91. The molecule has 0 rings (SSSR count). The Kier molecular flexibility index (Phi) is 3.22. The molecule has 4 heteroatoms. The number of rotatable bonds is 1. The van der Waals surface area contributed by atoms with Gasteiger partial charge in [0.15, 0.2) is 0 Å². The molecule has 0 atom stereocenters. The second-order valence-corrected chi connectivity index (χ2v) is 0.689. The molecule has 0 spiro atoms. The number of hydrogen-bond acceptors (Lipinski definition) is 0. The summed E-state index contributed by atoms with van der Waals surface area (Å²) in [5, 5.41) is 0. The van der Waals surface area contributed by atoms with Gasteiger partial charge in [-0.05, 0) is 0 Å². The zero-order valence-corrected chi connectivity index (χ0v) is 2.79. The highest BCUT2D eigenvalue weighted by Gasteiger charge is 1.73. The molecule has 0 unspecified atom stereocenters. The van der Waals surface area contributed by atoms with Gasteiger partial charge in [0.25, 0.3) is 7.45 Å². The second-order valence-electron chi connectivity index (χ2n) is 0.689. The van der Waals surface area contributed by atoms with E-state index in [1.54, 1.807) is 7.74 Å². The van der Waals surface area contributed by atoms with Crippen LogP contribution in [0.2, 0.25) is 0 Å². The van der Waals surface area contributed by atoms with Crippen LogP contribution >= 0.6 is 0 Å². The third-order valence-electron chi connectivity index (χ3n) is 0.189. The van der Waals surface area contributed by atoms with E-state index in [4.69, 9.17) is 0 Å². The van der Waals surface area contributed by atoms with Crippen molar-refractivity contribution in [2.45, 2.75) is 0 Å². The molecule has 0 N–H and O–H groups in total. The van der Waals surface area contributed by atoms with Crippen molar-refractivity contribution < 1.29 is 4.32 Å². The second kappa shape index (κ2) is 3.12. The number of hydrogen-bond donors (Lipinski definition) is 0. The Morgan fingerprint density at radius 2 is 2.00 bits per heavy atom. The molecule has 0 heterocycles. The average Bonchev–Trinajstić information content (AvgIpc) is 1.37. The Balaban J connectivity index is 1.97. The first-order valence-electron chi connectivity index (χ1n) is 1.47. The van der Waals surface area contributed by atoms with Gasteiger partial charge in [-0.2, -0.15) is 0 Å². The molecule has 0 aromatic heterocycles. The van der Waals surface area contributed by atoms with E-state index in [9.17, 15) is 4.32 Å². The third kappa shape index (κ3) is 2.12. The van der Waals surface area contributed by atoms with Crippen LogP contribution in [0.1, 0.15) is 0 Å². The van der Waals surface area contributed by atoms with E-state index in [-0.39, 0.29) is 7.45 Å². The van der Waals surface area contributed by atoms with Crippen molar-refractivity contribution in [1.29, 1.82) is 0 Å². The lowest BCUT2D eigenvalue weighted by Crippen LogP contribution is -1.92. The maximum absolute atomic E-state index is 10.7. The van der Waals surface area contributed by atoms with Crippen molar-refractivity contribution in [2.24, 2.45) is 0 Å². The first-order valence-corrected chi connectivity index (χ1v) is 1.47. The van der Waals surface area contributed by atoms with Crippen LogP contribution in [-0.4, -0.2) is 22.2 Å². The first kappa shape index (κ1) is 4.12. The zero-order chi connectivity index (χ0) is 3.41. The van der Waals surface area contributed by atoms with Crippen LogP contribution < -0.4 is 0 Å². The summed E-state index contributed by atoms with van der Waals surface area (Å²) in [6, 6.07) is 0. The maximum Gasteiger partial charge on any atom is 0.281 e. The molecule has 0 aliphatic rings. The molecule has 0 aromatic carbocycles. The molecule has 4 heavy (non-hydrogen) atoms. The highest BCUT2D eigenvalue weighted by molar-refractivity contribution is 7.21.